The summed E-state index contributed by atoms with van der Waals surface area (Å²) in [7, 11) is 0. The number of benzene rings is 3. The van der Waals surface area contributed by atoms with E-state index in [1.165, 1.54) is 12.1 Å². The first-order valence-electron chi connectivity index (χ1n) is 9.90. The van der Waals surface area contributed by atoms with Crippen LogP contribution in [-0.2, 0) is 13.0 Å². The van der Waals surface area contributed by atoms with Gasteiger partial charge in [0.1, 0.15) is 17.9 Å². The molecule has 6 heteroatoms. The summed E-state index contributed by atoms with van der Waals surface area (Å²) in [6, 6.07) is 19.8. The third-order valence-electron chi connectivity index (χ3n) is 5.42. The van der Waals surface area contributed by atoms with Gasteiger partial charge in [0.25, 0.3) is 5.69 Å². The number of non-ortho nitro benzene ring substituents is 1. The molecule has 1 heterocycles. The SMILES string of the molecule is Cc1c(Cc2ccccc2)c(=O)oc2c(C)c(OCc3ccc([N+](=O)[O-])cc3)ccc12. The second-order valence-corrected chi connectivity index (χ2v) is 7.43. The summed E-state index contributed by atoms with van der Waals surface area (Å²) in [6.45, 7) is 4.04. The lowest BCUT2D eigenvalue weighted by molar-refractivity contribution is -0.384. The highest BCUT2D eigenvalue weighted by Crippen LogP contribution is 2.30. The molecule has 0 fully saturated rings. The summed E-state index contributed by atoms with van der Waals surface area (Å²) in [4.78, 5) is 23.1. The lowest BCUT2D eigenvalue weighted by Gasteiger charge is -2.13. The van der Waals surface area contributed by atoms with Crippen LogP contribution in [0.5, 0.6) is 5.75 Å². The Balaban J connectivity index is 1.62. The Hall–Kier alpha value is -3.93. The predicted molar refractivity (Wildman–Crippen MR) is 119 cm³/mol. The van der Waals surface area contributed by atoms with E-state index in [0.717, 1.165) is 27.6 Å². The maximum Gasteiger partial charge on any atom is 0.340 e. The molecule has 0 atom stereocenters. The third-order valence-corrected chi connectivity index (χ3v) is 5.42. The van der Waals surface area contributed by atoms with Crippen molar-refractivity contribution in [1.29, 1.82) is 0 Å². The first-order chi connectivity index (χ1) is 14.9. The van der Waals surface area contributed by atoms with Crippen LogP contribution in [0.3, 0.4) is 0 Å². The molecule has 1 aromatic heterocycles. The van der Waals surface area contributed by atoms with Gasteiger partial charge in [0.15, 0.2) is 0 Å². The summed E-state index contributed by atoms with van der Waals surface area (Å²) in [5, 5.41) is 11.7. The van der Waals surface area contributed by atoms with E-state index in [1.807, 2.05) is 56.3 Å². The average molecular weight is 415 g/mol. The van der Waals surface area contributed by atoms with E-state index in [-0.39, 0.29) is 17.9 Å². The van der Waals surface area contributed by atoms with Crippen molar-refractivity contribution < 1.29 is 14.1 Å². The van der Waals surface area contributed by atoms with Crippen LogP contribution in [0.4, 0.5) is 5.69 Å². The minimum atomic E-state index is -0.436. The topological polar surface area (TPSA) is 82.6 Å². The van der Waals surface area contributed by atoms with Gasteiger partial charge in [0.2, 0.25) is 0 Å². The maximum absolute atomic E-state index is 12.7. The van der Waals surface area contributed by atoms with Gasteiger partial charge >= 0.3 is 5.63 Å². The number of fused-ring (bicyclic) bond motifs is 1. The van der Waals surface area contributed by atoms with Gasteiger partial charge in [0, 0.05) is 35.1 Å². The van der Waals surface area contributed by atoms with Crippen LogP contribution in [0.25, 0.3) is 11.0 Å². The number of rotatable bonds is 6. The fraction of sp³-hybridized carbons (Fsp3) is 0.160. The zero-order valence-corrected chi connectivity index (χ0v) is 17.3. The minimum absolute atomic E-state index is 0.0363. The van der Waals surface area contributed by atoms with E-state index >= 15 is 0 Å². The highest BCUT2D eigenvalue weighted by molar-refractivity contribution is 5.85. The fourth-order valence-corrected chi connectivity index (χ4v) is 3.61. The zero-order valence-electron chi connectivity index (χ0n) is 17.3. The Morgan fingerprint density at radius 1 is 0.903 bits per heavy atom. The summed E-state index contributed by atoms with van der Waals surface area (Å²) in [5.41, 5.74) is 4.36. The van der Waals surface area contributed by atoms with Crippen LogP contribution in [0, 0.1) is 24.0 Å². The first kappa shape index (κ1) is 20.3. The monoisotopic (exact) mass is 415 g/mol. The van der Waals surface area contributed by atoms with Crippen LogP contribution in [-0.4, -0.2) is 4.92 Å². The molecule has 31 heavy (non-hydrogen) atoms. The Bertz CT molecular complexity index is 1310. The van der Waals surface area contributed by atoms with Crippen molar-refractivity contribution in [1.82, 2.24) is 0 Å². The molecule has 0 radical (unpaired) electrons. The van der Waals surface area contributed by atoms with E-state index in [2.05, 4.69) is 0 Å². The van der Waals surface area contributed by atoms with Gasteiger partial charge in [-0.2, -0.15) is 0 Å². The molecular weight excluding hydrogens is 394 g/mol. The second kappa shape index (κ2) is 8.44. The summed E-state index contributed by atoms with van der Waals surface area (Å²) in [5.74, 6) is 0.601. The number of nitro benzene ring substituents is 1. The summed E-state index contributed by atoms with van der Waals surface area (Å²) in [6.07, 6.45) is 0.516. The Kier molecular flexibility index (Phi) is 5.54. The van der Waals surface area contributed by atoms with E-state index in [9.17, 15) is 14.9 Å². The standard InChI is InChI=1S/C25H21NO5/c1-16-21-12-13-23(30-15-19-8-10-20(11-9-19)26(28)29)17(2)24(21)31-25(27)22(16)14-18-6-4-3-5-7-18/h3-13H,14-15H2,1-2H3. The molecule has 156 valence electrons. The van der Waals surface area contributed by atoms with Gasteiger partial charge in [-0.1, -0.05) is 30.3 Å². The van der Waals surface area contributed by atoms with Gasteiger partial charge in [-0.05, 0) is 54.8 Å². The largest absolute Gasteiger partial charge is 0.488 e. The molecule has 0 N–H and O–H groups in total. The van der Waals surface area contributed by atoms with Gasteiger partial charge in [0.05, 0.1) is 4.92 Å². The predicted octanol–water partition coefficient (Wildman–Crippen LogP) is 5.49. The van der Waals surface area contributed by atoms with Gasteiger partial charge in [-0.25, -0.2) is 4.79 Å². The second-order valence-electron chi connectivity index (χ2n) is 7.43. The molecule has 0 saturated heterocycles. The number of ether oxygens (including phenoxy) is 1. The van der Waals surface area contributed by atoms with E-state index in [0.29, 0.717) is 23.3 Å². The van der Waals surface area contributed by atoms with Crippen LogP contribution < -0.4 is 10.4 Å². The quantitative estimate of drug-likeness (QED) is 0.236. The number of hydrogen-bond donors (Lipinski definition) is 0. The van der Waals surface area contributed by atoms with Gasteiger partial charge in [-0.3, -0.25) is 10.1 Å². The summed E-state index contributed by atoms with van der Waals surface area (Å²) < 4.78 is 11.6. The highest BCUT2D eigenvalue weighted by Gasteiger charge is 2.16. The summed E-state index contributed by atoms with van der Waals surface area (Å²) >= 11 is 0. The van der Waals surface area contributed by atoms with E-state index in [4.69, 9.17) is 9.15 Å². The molecule has 0 unspecified atom stereocenters. The Morgan fingerprint density at radius 3 is 2.29 bits per heavy atom. The Labute approximate surface area is 178 Å². The molecule has 0 aliphatic carbocycles. The number of aryl methyl sites for hydroxylation is 2. The van der Waals surface area contributed by atoms with Crippen molar-refractivity contribution in [3.05, 3.63) is 115 Å². The zero-order chi connectivity index (χ0) is 22.0. The number of nitrogens with zero attached hydrogens (tertiary/aromatic N) is 1. The molecule has 0 saturated carbocycles. The van der Waals surface area contributed by atoms with Crippen molar-refractivity contribution >= 4 is 16.7 Å². The van der Waals surface area contributed by atoms with Crippen molar-refractivity contribution in [2.75, 3.05) is 0 Å². The minimum Gasteiger partial charge on any atom is -0.488 e. The lowest BCUT2D eigenvalue weighted by atomic mass is 9.98. The van der Waals surface area contributed by atoms with Gasteiger partial charge in [-0.15, -0.1) is 0 Å². The molecule has 0 bridgehead atoms. The first-order valence-corrected chi connectivity index (χ1v) is 9.90. The molecule has 0 aliphatic rings. The van der Waals surface area contributed by atoms with Crippen molar-refractivity contribution in [2.45, 2.75) is 26.9 Å². The molecule has 4 aromatic rings. The normalized spacial score (nSPS) is 10.9. The molecule has 4 rings (SSSR count). The molecule has 0 spiro atoms. The smallest absolute Gasteiger partial charge is 0.340 e. The number of hydrogen-bond acceptors (Lipinski definition) is 5. The van der Waals surface area contributed by atoms with Crippen LogP contribution in [0.15, 0.2) is 75.9 Å². The maximum atomic E-state index is 12.7. The van der Waals surface area contributed by atoms with Gasteiger partial charge < -0.3 is 9.15 Å². The molecule has 0 aliphatic heterocycles. The van der Waals surface area contributed by atoms with E-state index < -0.39 is 4.92 Å². The average Bonchev–Trinajstić information content (AvgIpc) is 2.77. The van der Waals surface area contributed by atoms with E-state index in [1.54, 1.807) is 12.1 Å². The molecule has 0 amide bonds. The van der Waals surface area contributed by atoms with Crippen LogP contribution in [0.1, 0.15) is 27.8 Å². The molecular formula is C25H21NO5. The lowest BCUT2D eigenvalue weighted by Crippen LogP contribution is -2.11. The van der Waals surface area contributed by atoms with Crippen molar-refractivity contribution in [2.24, 2.45) is 0 Å². The highest BCUT2D eigenvalue weighted by atomic mass is 16.6. The fourth-order valence-electron chi connectivity index (χ4n) is 3.61. The molecule has 6 nitrogen and oxygen atoms in total. The van der Waals surface area contributed by atoms with Crippen LogP contribution in [0.2, 0.25) is 0 Å². The third kappa shape index (κ3) is 4.19. The van der Waals surface area contributed by atoms with Crippen LogP contribution >= 0.6 is 0 Å². The van der Waals surface area contributed by atoms with Crippen molar-refractivity contribution in [3.63, 3.8) is 0 Å². The number of nitro groups is 1. The molecule has 3 aromatic carbocycles. The Morgan fingerprint density at radius 2 is 1.61 bits per heavy atom. The van der Waals surface area contributed by atoms with Crippen molar-refractivity contribution in [3.8, 4) is 5.75 Å².